The van der Waals surface area contributed by atoms with E-state index >= 15 is 0 Å². The Morgan fingerprint density at radius 2 is 1.40 bits per heavy atom. The van der Waals surface area contributed by atoms with Crippen molar-refractivity contribution in [1.82, 2.24) is 0 Å². The number of benzene rings is 2. The van der Waals surface area contributed by atoms with Gasteiger partial charge < -0.3 is 5.32 Å². The van der Waals surface area contributed by atoms with Crippen LogP contribution in [-0.4, -0.2) is 14.8 Å². The predicted molar refractivity (Wildman–Crippen MR) is 91.1 cm³/mol. The molecule has 0 heterocycles. The maximum Gasteiger partial charge on any atom is 0.418 e. The second-order valence-corrected chi connectivity index (χ2v) is 6.02. The molecule has 0 atom stereocenters. The van der Waals surface area contributed by atoms with Crippen molar-refractivity contribution >= 4 is 51.6 Å². The molecule has 0 amide bonds. The summed E-state index contributed by atoms with van der Waals surface area (Å²) in [5, 5.41) is 31.4. The monoisotopic (exact) mass is 476 g/mol. The van der Waals surface area contributed by atoms with E-state index in [0.29, 0.717) is 0 Å². The molecular weight excluding hydrogens is 474 g/mol. The molecule has 0 unspecified atom stereocenters. The van der Waals surface area contributed by atoms with E-state index in [1.54, 1.807) is 5.32 Å². The second-order valence-electron chi connectivity index (χ2n) is 5.26. The van der Waals surface area contributed by atoms with Crippen LogP contribution < -0.4 is 5.32 Å². The number of anilines is 2. The fraction of sp³-hybridized carbons (Fsp3) is 0.0769. The largest absolute Gasteiger partial charge is 0.418 e. The number of alkyl halides is 3. The zero-order valence-electron chi connectivity index (χ0n) is 13.6. The summed E-state index contributed by atoms with van der Waals surface area (Å²) in [6.45, 7) is 0. The first-order valence-electron chi connectivity index (χ1n) is 6.99. The van der Waals surface area contributed by atoms with Crippen LogP contribution in [0.1, 0.15) is 5.56 Å². The van der Waals surface area contributed by atoms with Crippen molar-refractivity contribution in [2.45, 2.75) is 6.18 Å². The lowest BCUT2D eigenvalue weighted by Gasteiger charge is -2.16. The zero-order chi connectivity index (χ0) is 23.1. The average molecular weight is 477 g/mol. The van der Waals surface area contributed by atoms with Crippen molar-refractivity contribution in [3.63, 3.8) is 0 Å². The van der Waals surface area contributed by atoms with Gasteiger partial charge in [-0.1, -0.05) is 23.2 Å². The van der Waals surface area contributed by atoms with Crippen molar-refractivity contribution in [1.29, 1.82) is 0 Å². The van der Waals surface area contributed by atoms with Gasteiger partial charge in [-0.15, -0.1) is 0 Å². The third kappa shape index (κ3) is 4.02. The van der Waals surface area contributed by atoms with Gasteiger partial charge >= 0.3 is 11.9 Å². The molecule has 0 radical (unpaired) electrons. The van der Waals surface area contributed by atoms with Gasteiger partial charge in [0.05, 0.1) is 32.1 Å². The molecule has 2 rings (SSSR count). The lowest BCUT2D eigenvalue weighted by Crippen LogP contribution is -2.13. The quantitative estimate of drug-likeness (QED) is 0.250. The van der Waals surface area contributed by atoms with Crippen LogP contribution >= 0.6 is 23.2 Å². The standard InChI is InChI=1S/C13H3Cl2F5N4O6/c14-6-9(17)12(24(29)30)7(15)8(16)11(6)21-10-4(13(18,19)20)1-3(22(25)26)2-5(10)23(27)28/h1-2,21H. The first-order valence-corrected chi connectivity index (χ1v) is 7.75. The van der Waals surface area contributed by atoms with E-state index in [1.807, 2.05) is 0 Å². The van der Waals surface area contributed by atoms with Crippen molar-refractivity contribution in [3.8, 4) is 0 Å². The van der Waals surface area contributed by atoms with E-state index in [1.165, 1.54) is 0 Å². The van der Waals surface area contributed by atoms with E-state index in [9.17, 15) is 52.3 Å². The van der Waals surface area contributed by atoms with Gasteiger partial charge in [-0.3, -0.25) is 30.3 Å². The highest BCUT2D eigenvalue weighted by molar-refractivity contribution is 6.37. The maximum atomic E-state index is 14.4. The molecule has 30 heavy (non-hydrogen) atoms. The minimum atomic E-state index is -5.44. The number of nitro benzene ring substituents is 3. The predicted octanol–water partition coefficient (Wildman–Crippen LogP) is 5.76. The molecule has 0 aliphatic rings. The van der Waals surface area contributed by atoms with E-state index < -0.39 is 76.6 Å². The van der Waals surface area contributed by atoms with Gasteiger partial charge in [0.15, 0.2) is 10.8 Å². The molecule has 0 saturated carbocycles. The molecule has 0 aliphatic carbocycles. The number of nitro groups is 3. The number of non-ortho nitro benzene ring substituents is 1. The molecule has 0 saturated heterocycles. The molecule has 17 heteroatoms. The topological polar surface area (TPSA) is 141 Å². The molecule has 10 nitrogen and oxygen atoms in total. The Balaban J connectivity index is 2.89. The lowest BCUT2D eigenvalue weighted by atomic mass is 10.1. The number of hydrogen-bond acceptors (Lipinski definition) is 7. The molecule has 0 bridgehead atoms. The summed E-state index contributed by atoms with van der Waals surface area (Å²) in [6.07, 6.45) is -5.44. The van der Waals surface area contributed by atoms with Crippen LogP contribution in [0.5, 0.6) is 0 Å². The van der Waals surface area contributed by atoms with Gasteiger partial charge in [0.2, 0.25) is 5.82 Å². The SMILES string of the molecule is O=[N+]([O-])c1cc([N+](=O)[O-])c(Nc2c(F)c(Cl)c([N+](=O)[O-])c(F)c2Cl)c(C(F)(F)F)c1. The highest BCUT2D eigenvalue weighted by atomic mass is 35.5. The summed E-state index contributed by atoms with van der Waals surface area (Å²) >= 11 is 10.8. The number of hydrogen-bond donors (Lipinski definition) is 1. The summed E-state index contributed by atoms with van der Waals surface area (Å²) in [6, 6.07) is 0.0389. The minimum absolute atomic E-state index is 0.0928. The van der Waals surface area contributed by atoms with E-state index in [2.05, 4.69) is 0 Å². The zero-order valence-corrected chi connectivity index (χ0v) is 15.1. The number of rotatable bonds is 5. The number of nitrogens with zero attached hydrogens (tertiary/aromatic N) is 3. The van der Waals surface area contributed by atoms with Crippen molar-refractivity contribution in [2.75, 3.05) is 5.32 Å². The third-order valence-electron chi connectivity index (χ3n) is 3.49. The summed E-state index contributed by atoms with van der Waals surface area (Å²) in [4.78, 5) is 28.5. The van der Waals surface area contributed by atoms with E-state index in [0.717, 1.165) is 0 Å². The van der Waals surface area contributed by atoms with Gasteiger partial charge in [0.1, 0.15) is 10.7 Å². The number of halogens is 7. The normalized spacial score (nSPS) is 11.3. The van der Waals surface area contributed by atoms with Crippen molar-refractivity contribution < 1.29 is 36.7 Å². The fourth-order valence-electron chi connectivity index (χ4n) is 2.23. The van der Waals surface area contributed by atoms with Crippen LogP contribution in [0, 0.1) is 42.0 Å². The Bertz CT molecular complexity index is 1080. The van der Waals surface area contributed by atoms with Crippen LogP contribution in [0.15, 0.2) is 12.1 Å². The minimum Gasteiger partial charge on any atom is -0.346 e. The molecule has 160 valence electrons. The van der Waals surface area contributed by atoms with Crippen LogP contribution in [0.25, 0.3) is 0 Å². The molecule has 2 aromatic rings. The van der Waals surface area contributed by atoms with E-state index in [-0.39, 0.29) is 12.1 Å². The highest BCUT2D eigenvalue weighted by Crippen LogP contribution is 2.47. The Labute approximate surface area is 170 Å². The van der Waals surface area contributed by atoms with Crippen LogP contribution in [0.2, 0.25) is 10.0 Å². The molecule has 0 spiro atoms. The molecule has 0 fully saturated rings. The van der Waals surface area contributed by atoms with Gasteiger partial charge in [-0.25, -0.2) is 4.39 Å². The van der Waals surface area contributed by atoms with Crippen LogP contribution in [-0.2, 0) is 6.18 Å². The second kappa shape index (κ2) is 7.83. The molecule has 0 aliphatic heterocycles. The molecule has 1 N–H and O–H groups in total. The summed E-state index contributed by atoms with van der Waals surface area (Å²) in [7, 11) is 0. The van der Waals surface area contributed by atoms with Crippen LogP contribution in [0.3, 0.4) is 0 Å². The highest BCUT2D eigenvalue weighted by Gasteiger charge is 2.41. The van der Waals surface area contributed by atoms with Crippen molar-refractivity contribution in [3.05, 3.63) is 69.7 Å². The summed E-state index contributed by atoms with van der Waals surface area (Å²) in [5.74, 6) is -3.83. The third-order valence-corrected chi connectivity index (χ3v) is 4.19. The Kier molecular flexibility index (Phi) is 5.99. The van der Waals surface area contributed by atoms with E-state index in [4.69, 9.17) is 23.2 Å². The molecular formula is C13H3Cl2F5N4O6. The Hall–Kier alpha value is -3.33. The molecule has 2 aromatic carbocycles. The first-order chi connectivity index (χ1) is 13.7. The lowest BCUT2D eigenvalue weighted by molar-refractivity contribution is -0.394. The average Bonchev–Trinajstić information content (AvgIpc) is 2.61. The summed E-state index contributed by atoms with van der Waals surface area (Å²) < 4.78 is 68.6. The van der Waals surface area contributed by atoms with Crippen LogP contribution in [0.4, 0.5) is 50.4 Å². The Morgan fingerprint density at radius 3 is 1.83 bits per heavy atom. The summed E-state index contributed by atoms with van der Waals surface area (Å²) in [5.41, 5.74) is -9.41. The first kappa shape index (κ1) is 23.0. The number of nitrogens with one attached hydrogen (secondary N) is 1. The van der Waals surface area contributed by atoms with Gasteiger partial charge in [0, 0.05) is 6.07 Å². The van der Waals surface area contributed by atoms with Crippen molar-refractivity contribution in [2.24, 2.45) is 0 Å². The fourth-order valence-corrected chi connectivity index (χ4v) is 2.70. The maximum absolute atomic E-state index is 14.4. The van der Waals surface area contributed by atoms with Gasteiger partial charge in [0.25, 0.3) is 11.4 Å². The smallest absolute Gasteiger partial charge is 0.346 e. The Morgan fingerprint density at radius 1 is 0.833 bits per heavy atom. The van der Waals surface area contributed by atoms with Gasteiger partial charge in [-0.2, -0.15) is 17.6 Å². The molecule has 0 aromatic heterocycles. The van der Waals surface area contributed by atoms with Gasteiger partial charge in [-0.05, 0) is 0 Å².